The summed E-state index contributed by atoms with van der Waals surface area (Å²) < 4.78 is 5.82. The Balaban J connectivity index is 1.53. The van der Waals surface area contributed by atoms with E-state index < -0.39 is 0 Å². The molecule has 0 spiro atoms. The average Bonchev–Trinajstić information content (AvgIpc) is 2.76. The van der Waals surface area contributed by atoms with Gasteiger partial charge >= 0.3 is 0 Å². The number of piperidine rings is 1. The van der Waals surface area contributed by atoms with Crippen molar-refractivity contribution >= 4 is 28.9 Å². The number of ether oxygens (including phenoxy) is 1. The molecule has 5 N–H and O–H groups in total. The third-order valence-corrected chi connectivity index (χ3v) is 5.21. The highest BCUT2D eigenvalue weighted by atomic mass is 35.5. The van der Waals surface area contributed by atoms with Crippen LogP contribution >= 0.6 is 11.6 Å². The molecule has 4 rings (SSSR count). The number of nitrogens with two attached hydrogens (primary N) is 1. The molecule has 7 nitrogen and oxygen atoms in total. The van der Waals surface area contributed by atoms with Crippen molar-refractivity contribution in [1.82, 2.24) is 15.3 Å². The predicted octanol–water partition coefficient (Wildman–Crippen LogP) is 4.08. The number of hydrogen-bond donors (Lipinski definition) is 4. The molecule has 1 unspecified atom stereocenters. The molecule has 2 heterocycles. The van der Waals surface area contributed by atoms with Crippen molar-refractivity contribution in [2.24, 2.45) is 0 Å². The summed E-state index contributed by atoms with van der Waals surface area (Å²) in [7, 11) is 0. The summed E-state index contributed by atoms with van der Waals surface area (Å²) in [5.41, 5.74) is 7.60. The standard InChI is InChI=1S/C22H23ClN6O/c23-15-5-9-18(10-6-15)30-17-7-3-14(4-8-17)20(24)19-21(25)27-13-28-22(19)29-16-2-1-11-26-12-16/h3-10,13,16,24,26H,1-2,11-12H2,(H3,25,27,28,29). The van der Waals surface area contributed by atoms with E-state index in [4.69, 9.17) is 27.5 Å². The molecule has 0 radical (unpaired) electrons. The van der Waals surface area contributed by atoms with E-state index in [1.54, 1.807) is 24.3 Å². The highest BCUT2D eigenvalue weighted by molar-refractivity contribution is 6.30. The van der Waals surface area contributed by atoms with Gasteiger partial charge in [-0.25, -0.2) is 9.97 Å². The Morgan fingerprint density at radius 2 is 1.80 bits per heavy atom. The van der Waals surface area contributed by atoms with E-state index in [-0.39, 0.29) is 17.6 Å². The molecule has 3 aromatic rings. The Labute approximate surface area is 180 Å². The maximum absolute atomic E-state index is 8.71. The lowest BCUT2D eigenvalue weighted by molar-refractivity contribution is 0.479. The first-order valence-corrected chi connectivity index (χ1v) is 10.2. The minimum atomic E-state index is 0.245. The molecule has 1 fully saturated rings. The van der Waals surface area contributed by atoms with Crippen molar-refractivity contribution in [3.8, 4) is 11.5 Å². The van der Waals surface area contributed by atoms with Gasteiger partial charge in [-0.2, -0.15) is 0 Å². The van der Waals surface area contributed by atoms with Gasteiger partial charge in [0.15, 0.2) is 0 Å². The molecule has 0 saturated carbocycles. The zero-order valence-electron chi connectivity index (χ0n) is 16.4. The Morgan fingerprint density at radius 3 is 2.47 bits per heavy atom. The fraction of sp³-hybridized carbons (Fsp3) is 0.227. The zero-order chi connectivity index (χ0) is 20.9. The van der Waals surface area contributed by atoms with Crippen molar-refractivity contribution in [3.05, 3.63) is 71.0 Å². The van der Waals surface area contributed by atoms with Crippen LogP contribution in [0.3, 0.4) is 0 Å². The van der Waals surface area contributed by atoms with E-state index in [1.165, 1.54) is 6.33 Å². The summed E-state index contributed by atoms with van der Waals surface area (Å²) in [6, 6.07) is 14.7. The molecule has 8 heteroatoms. The molecule has 0 amide bonds. The number of nitrogen functional groups attached to an aromatic ring is 1. The fourth-order valence-corrected chi connectivity index (χ4v) is 3.52. The second kappa shape index (κ2) is 9.11. The molecule has 1 saturated heterocycles. The molecule has 1 aliphatic heterocycles. The van der Waals surface area contributed by atoms with Crippen LogP contribution in [0.15, 0.2) is 54.9 Å². The number of aromatic nitrogens is 2. The summed E-state index contributed by atoms with van der Waals surface area (Å²) in [4.78, 5) is 8.45. The maximum Gasteiger partial charge on any atom is 0.141 e. The van der Waals surface area contributed by atoms with Gasteiger partial charge in [-0.05, 0) is 67.9 Å². The first kappa shape index (κ1) is 20.1. The van der Waals surface area contributed by atoms with Crippen molar-refractivity contribution < 1.29 is 4.74 Å². The van der Waals surface area contributed by atoms with E-state index >= 15 is 0 Å². The second-order valence-corrected chi connectivity index (χ2v) is 7.56. The van der Waals surface area contributed by atoms with E-state index in [2.05, 4.69) is 20.6 Å². The van der Waals surface area contributed by atoms with Gasteiger partial charge in [0.2, 0.25) is 0 Å². The highest BCUT2D eigenvalue weighted by Crippen LogP contribution is 2.26. The van der Waals surface area contributed by atoms with Crippen molar-refractivity contribution in [1.29, 1.82) is 5.41 Å². The molecular formula is C22H23ClN6O. The minimum Gasteiger partial charge on any atom is -0.457 e. The molecule has 2 aromatic carbocycles. The maximum atomic E-state index is 8.71. The van der Waals surface area contributed by atoms with Crippen molar-refractivity contribution in [2.75, 3.05) is 24.1 Å². The van der Waals surface area contributed by atoms with Crippen LogP contribution < -0.4 is 21.1 Å². The number of benzene rings is 2. The molecule has 0 aliphatic carbocycles. The number of nitrogens with one attached hydrogen (secondary N) is 3. The predicted molar refractivity (Wildman–Crippen MR) is 120 cm³/mol. The third-order valence-electron chi connectivity index (χ3n) is 4.96. The monoisotopic (exact) mass is 422 g/mol. The first-order chi connectivity index (χ1) is 14.6. The lowest BCUT2D eigenvalue weighted by Gasteiger charge is -2.25. The molecule has 1 atom stereocenters. The SMILES string of the molecule is N=C(c1ccc(Oc2ccc(Cl)cc2)cc1)c1c(N)ncnc1NC1CCCNC1. The Kier molecular flexibility index (Phi) is 6.11. The summed E-state index contributed by atoms with van der Waals surface area (Å²) in [6.07, 6.45) is 3.56. The quantitative estimate of drug-likeness (QED) is 0.445. The normalized spacial score (nSPS) is 16.1. The summed E-state index contributed by atoms with van der Waals surface area (Å²) >= 11 is 5.91. The number of hydrogen-bond acceptors (Lipinski definition) is 7. The van der Waals surface area contributed by atoms with Crippen LogP contribution in [0, 0.1) is 5.41 Å². The van der Waals surface area contributed by atoms with Gasteiger partial charge in [0.1, 0.15) is 29.5 Å². The van der Waals surface area contributed by atoms with Crippen LogP contribution in [0.1, 0.15) is 24.0 Å². The third kappa shape index (κ3) is 4.69. The lowest BCUT2D eigenvalue weighted by Crippen LogP contribution is -2.39. The van der Waals surface area contributed by atoms with Gasteiger partial charge in [0.05, 0.1) is 11.3 Å². The van der Waals surface area contributed by atoms with Gasteiger partial charge in [-0.1, -0.05) is 11.6 Å². The van der Waals surface area contributed by atoms with E-state index in [0.29, 0.717) is 33.5 Å². The molecule has 1 aliphatic rings. The Morgan fingerprint density at radius 1 is 1.10 bits per heavy atom. The second-order valence-electron chi connectivity index (χ2n) is 7.13. The van der Waals surface area contributed by atoms with Crippen LogP contribution in [0.4, 0.5) is 11.6 Å². The minimum absolute atomic E-state index is 0.245. The van der Waals surface area contributed by atoms with Gasteiger partial charge in [0.25, 0.3) is 0 Å². The fourth-order valence-electron chi connectivity index (χ4n) is 3.40. The molecule has 154 valence electrons. The lowest BCUT2D eigenvalue weighted by atomic mass is 10.0. The zero-order valence-corrected chi connectivity index (χ0v) is 17.1. The van der Waals surface area contributed by atoms with Crippen molar-refractivity contribution in [2.45, 2.75) is 18.9 Å². The molecular weight excluding hydrogens is 400 g/mol. The van der Waals surface area contributed by atoms with Crippen molar-refractivity contribution in [3.63, 3.8) is 0 Å². The number of halogens is 1. The van der Waals surface area contributed by atoms with Crippen LogP contribution in [-0.2, 0) is 0 Å². The van der Waals surface area contributed by atoms with Gasteiger partial charge in [-0.3, -0.25) is 5.41 Å². The van der Waals surface area contributed by atoms with Crippen LogP contribution in [0.25, 0.3) is 0 Å². The Hall–Kier alpha value is -3.16. The highest BCUT2D eigenvalue weighted by Gasteiger charge is 2.20. The molecule has 30 heavy (non-hydrogen) atoms. The van der Waals surface area contributed by atoms with E-state index in [1.807, 2.05) is 24.3 Å². The molecule has 0 bridgehead atoms. The van der Waals surface area contributed by atoms with Gasteiger partial charge in [-0.15, -0.1) is 0 Å². The molecule has 1 aromatic heterocycles. The number of rotatable bonds is 6. The van der Waals surface area contributed by atoms with E-state index in [9.17, 15) is 0 Å². The van der Waals surface area contributed by atoms with Crippen LogP contribution in [0.2, 0.25) is 5.02 Å². The summed E-state index contributed by atoms with van der Waals surface area (Å²) in [5, 5.41) is 16.2. The number of anilines is 2. The van der Waals surface area contributed by atoms with Crippen LogP contribution in [0.5, 0.6) is 11.5 Å². The van der Waals surface area contributed by atoms with E-state index in [0.717, 1.165) is 25.9 Å². The smallest absolute Gasteiger partial charge is 0.141 e. The first-order valence-electron chi connectivity index (χ1n) is 9.80. The van der Waals surface area contributed by atoms with Crippen LogP contribution in [-0.4, -0.2) is 34.8 Å². The van der Waals surface area contributed by atoms with Gasteiger partial charge < -0.3 is 21.1 Å². The summed E-state index contributed by atoms with van der Waals surface area (Å²) in [5.74, 6) is 2.22. The topological polar surface area (TPSA) is 109 Å². The van der Waals surface area contributed by atoms with Gasteiger partial charge in [0, 0.05) is 23.2 Å². The summed E-state index contributed by atoms with van der Waals surface area (Å²) in [6.45, 7) is 1.88. The average molecular weight is 423 g/mol. The largest absolute Gasteiger partial charge is 0.457 e. The Bertz CT molecular complexity index is 1020. The number of nitrogens with zero attached hydrogens (tertiary/aromatic N) is 2.